The molecule has 0 saturated carbocycles. The highest BCUT2D eigenvalue weighted by Crippen LogP contribution is 2.50. The molecule has 0 radical (unpaired) electrons. The first-order valence-electron chi connectivity index (χ1n) is 17.2. The summed E-state index contributed by atoms with van der Waals surface area (Å²) in [7, 11) is 0.291. The fourth-order valence-electron chi connectivity index (χ4n) is 7.81. The fraction of sp³-hybridized carbons (Fsp3) is 0.667. The van der Waals surface area contributed by atoms with Crippen LogP contribution in [0.15, 0.2) is 47.4 Å². The SMILES string of the molecule is CCCCC1(CCCC)CS(=O)(=O)c2ccc(N(C)C)cc2[C@@H](c2ccc(OCCOCC[N+]34CCN(CC3)CC4)cc2)[C@H]1O. The van der Waals surface area contributed by atoms with Gasteiger partial charge < -0.3 is 24.0 Å². The maximum atomic E-state index is 14.1. The van der Waals surface area contributed by atoms with Crippen molar-refractivity contribution >= 4 is 15.5 Å². The van der Waals surface area contributed by atoms with E-state index in [1.807, 2.05) is 55.4 Å². The standard InChI is InChI=1S/C36H56N3O5S/c1-5-7-15-36(16-8-6-2)28-45(41,42)33-14-11-30(37(3)4)27-32(33)34(35(36)40)29-9-12-31(13-10-29)44-26-25-43-24-23-39-20-17-38(18-21-39)19-22-39/h9-14,27,34-35,40H,5-8,15-26,28H2,1-4H3/q+1/t34-,35-/m1/s1. The minimum Gasteiger partial charge on any atom is -0.491 e. The number of hydrogen-bond acceptors (Lipinski definition) is 7. The van der Waals surface area contributed by atoms with Crippen molar-refractivity contribution in [3.05, 3.63) is 53.6 Å². The Morgan fingerprint density at radius 3 is 2.18 bits per heavy atom. The molecule has 8 nitrogen and oxygen atoms in total. The average Bonchev–Trinajstić information content (AvgIpc) is 3.12. The Morgan fingerprint density at radius 2 is 1.58 bits per heavy atom. The molecule has 4 aliphatic rings. The van der Waals surface area contributed by atoms with Crippen LogP contribution in [-0.4, -0.2) is 114 Å². The van der Waals surface area contributed by atoms with Gasteiger partial charge in [-0.2, -0.15) is 0 Å². The first-order valence-corrected chi connectivity index (χ1v) is 18.9. The summed E-state index contributed by atoms with van der Waals surface area (Å²) in [5.74, 6) is 0.260. The van der Waals surface area contributed by atoms with E-state index in [4.69, 9.17) is 9.47 Å². The Hall–Kier alpha value is -2.17. The zero-order valence-electron chi connectivity index (χ0n) is 28.0. The summed E-state index contributed by atoms with van der Waals surface area (Å²) in [6.07, 6.45) is 4.22. The molecule has 0 aromatic heterocycles. The molecule has 0 aliphatic carbocycles. The van der Waals surface area contributed by atoms with Gasteiger partial charge in [0.15, 0.2) is 9.84 Å². The molecular formula is C36H56N3O5S+. The summed E-state index contributed by atoms with van der Waals surface area (Å²) in [4.78, 5) is 4.90. The third-order valence-corrected chi connectivity index (χ3v) is 12.8. The van der Waals surface area contributed by atoms with Gasteiger partial charge >= 0.3 is 0 Å². The van der Waals surface area contributed by atoms with Crippen molar-refractivity contribution < 1.29 is 27.5 Å². The van der Waals surface area contributed by atoms with Crippen LogP contribution in [0.3, 0.4) is 0 Å². The lowest BCUT2D eigenvalue weighted by atomic mass is 9.68. The third kappa shape index (κ3) is 7.70. The van der Waals surface area contributed by atoms with Gasteiger partial charge in [-0.15, -0.1) is 0 Å². The van der Waals surface area contributed by atoms with E-state index in [0.717, 1.165) is 55.8 Å². The molecule has 9 heteroatoms. The molecule has 6 rings (SSSR count). The molecule has 3 fully saturated rings. The second-order valence-corrected chi connectivity index (χ2v) is 15.9. The van der Waals surface area contributed by atoms with E-state index in [0.29, 0.717) is 36.5 Å². The molecule has 2 aromatic carbocycles. The van der Waals surface area contributed by atoms with E-state index < -0.39 is 27.3 Å². The predicted octanol–water partition coefficient (Wildman–Crippen LogP) is 4.94. The quantitative estimate of drug-likeness (QED) is 0.218. The normalized spacial score (nSPS) is 26.6. The smallest absolute Gasteiger partial charge is 0.179 e. The van der Waals surface area contributed by atoms with Gasteiger partial charge in [0.05, 0.1) is 49.6 Å². The van der Waals surface area contributed by atoms with Crippen LogP contribution in [0.5, 0.6) is 5.75 Å². The molecule has 2 atom stereocenters. The minimum atomic E-state index is -3.62. The number of aliphatic hydroxyl groups is 1. The molecule has 0 amide bonds. The zero-order valence-corrected chi connectivity index (χ0v) is 28.9. The van der Waals surface area contributed by atoms with Gasteiger partial charge in [0.25, 0.3) is 0 Å². The molecule has 1 N–H and O–H groups in total. The molecule has 250 valence electrons. The van der Waals surface area contributed by atoms with E-state index in [2.05, 4.69) is 18.7 Å². The highest BCUT2D eigenvalue weighted by atomic mass is 32.2. The first kappa shape index (κ1) is 34.2. The van der Waals surface area contributed by atoms with Crippen molar-refractivity contribution in [2.75, 3.05) is 90.4 Å². The predicted molar refractivity (Wildman–Crippen MR) is 181 cm³/mol. The summed E-state index contributed by atoms with van der Waals surface area (Å²) in [5, 5.41) is 12.4. The van der Waals surface area contributed by atoms with Crippen molar-refractivity contribution in [3.63, 3.8) is 0 Å². The number of aliphatic hydroxyl groups excluding tert-OH is 1. The van der Waals surface area contributed by atoms with E-state index in [1.165, 1.54) is 43.8 Å². The van der Waals surface area contributed by atoms with Gasteiger partial charge in [-0.25, -0.2) is 8.42 Å². The second-order valence-electron chi connectivity index (χ2n) is 14.0. The molecule has 2 bridgehead atoms. The number of nitrogens with zero attached hydrogens (tertiary/aromatic N) is 3. The van der Waals surface area contributed by atoms with Crippen LogP contribution in [0, 0.1) is 5.41 Å². The Bertz CT molecular complexity index is 1330. The largest absolute Gasteiger partial charge is 0.491 e. The molecule has 0 unspecified atom stereocenters. The van der Waals surface area contributed by atoms with Crippen LogP contribution in [0.4, 0.5) is 5.69 Å². The van der Waals surface area contributed by atoms with Crippen LogP contribution in [0.1, 0.15) is 69.4 Å². The van der Waals surface area contributed by atoms with E-state index in [-0.39, 0.29) is 5.75 Å². The summed E-state index contributed by atoms with van der Waals surface area (Å²) in [5.41, 5.74) is 1.80. The molecule has 4 aliphatic heterocycles. The van der Waals surface area contributed by atoms with Gasteiger partial charge in [-0.05, 0) is 54.3 Å². The first-order chi connectivity index (χ1) is 21.6. The molecule has 45 heavy (non-hydrogen) atoms. The number of sulfone groups is 1. The number of unbranched alkanes of at least 4 members (excludes halogenated alkanes) is 2. The lowest BCUT2D eigenvalue weighted by Crippen LogP contribution is -2.67. The zero-order chi connectivity index (χ0) is 32.1. The van der Waals surface area contributed by atoms with Gasteiger partial charge in [0, 0.05) is 50.7 Å². The molecule has 2 aromatic rings. The lowest BCUT2D eigenvalue weighted by Gasteiger charge is -2.50. The number of anilines is 1. The van der Waals surface area contributed by atoms with Gasteiger partial charge in [-0.1, -0.05) is 51.7 Å². The maximum Gasteiger partial charge on any atom is 0.179 e. The minimum absolute atomic E-state index is 0.0222. The van der Waals surface area contributed by atoms with Gasteiger partial charge in [-0.3, -0.25) is 4.90 Å². The molecule has 3 saturated heterocycles. The van der Waals surface area contributed by atoms with Crippen LogP contribution >= 0.6 is 0 Å². The number of ether oxygens (including phenoxy) is 2. The van der Waals surface area contributed by atoms with Crippen LogP contribution < -0.4 is 9.64 Å². The second kappa shape index (κ2) is 14.7. The van der Waals surface area contributed by atoms with Crippen molar-refractivity contribution in [1.29, 1.82) is 0 Å². The topological polar surface area (TPSA) is 79.3 Å². The third-order valence-electron chi connectivity index (χ3n) is 10.8. The van der Waals surface area contributed by atoms with Crippen LogP contribution in [-0.2, 0) is 14.6 Å². The van der Waals surface area contributed by atoms with Gasteiger partial charge in [0.1, 0.15) is 18.9 Å². The average molecular weight is 643 g/mol. The highest BCUT2D eigenvalue weighted by molar-refractivity contribution is 7.91. The molecular weight excluding hydrogens is 586 g/mol. The van der Waals surface area contributed by atoms with E-state index >= 15 is 0 Å². The number of fused-ring (bicyclic) bond motifs is 4. The summed E-state index contributed by atoms with van der Waals surface area (Å²) in [6, 6.07) is 13.5. The Balaban J connectivity index is 1.33. The fourth-order valence-corrected chi connectivity index (χ4v) is 10.00. The Morgan fingerprint density at radius 1 is 0.933 bits per heavy atom. The number of hydrogen-bond donors (Lipinski definition) is 1. The Labute approximate surface area is 271 Å². The molecule has 0 spiro atoms. The van der Waals surface area contributed by atoms with Crippen molar-refractivity contribution in [1.82, 2.24) is 4.90 Å². The highest BCUT2D eigenvalue weighted by Gasteiger charge is 2.49. The van der Waals surface area contributed by atoms with Crippen molar-refractivity contribution in [3.8, 4) is 5.75 Å². The van der Waals surface area contributed by atoms with Crippen molar-refractivity contribution in [2.45, 2.75) is 69.3 Å². The summed E-state index contributed by atoms with van der Waals surface area (Å²) < 4.78 is 41.3. The van der Waals surface area contributed by atoms with Crippen LogP contribution in [0.2, 0.25) is 0 Å². The number of quaternary nitrogens is 1. The van der Waals surface area contributed by atoms with E-state index in [9.17, 15) is 13.5 Å². The van der Waals surface area contributed by atoms with Crippen molar-refractivity contribution in [2.24, 2.45) is 5.41 Å². The lowest BCUT2D eigenvalue weighted by molar-refractivity contribution is -0.941. The summed E-state index contributed by atoms with van der Waals surface area (Å²) in [6.45, 7) is 14.5. The maximum absolute atomic E-state index is 14.1. The Kier molecular flexibility index (Phi) is 11.2. The number of piperazine rings is 3. The summed E-state index contributed by atoms with van der Waals surface area (Å²) >= 11 is 0. The number of rotatable bonds is 15. The van der Waals surface area contributed by atoms with Crippen LogP contribution in [0.25, 0.3) is 0 Å². The van der Waals surface area contributed by atoms with Gasteiger partial charge in [0.2, 0.25) is 0 Å². The monoisotopic (exact) mass is 642 g/mol. The molecule has 4 heterocycles. The number of benzene rings is 2. The van der Waals surface area contributed by atoms with E-state index in [1.54, 1.807) is 6.07 Å².